The van der Waals surface area contributed by atoms with Gasteiger partial charge in [0, 0.05) is 26.4 Å². The van der Waals surface area contributed by atoms with E-state index in [1.807, 2.05) is 6.07 Å². The molecule has 0 aliphatic rings. The number of fused-ring (bicyclic) bond motifs is 6. The molecular formula is C29H23BrO. The molecule has 0 unspecified atom stereocenters. The molecule has 0 spiro atoms. The first-order chi connectivity index (χ1) is 15.1. The van der Waals surface area contributed by atoms with Gasteiger partial charge in [0.1, 0.15) is 11.3 Å². The normalized spacial score (nSPS) is 12.6. The van der Waals surface area contributed by atoms with Gasteiger partial charge in [-0.2, -0.15) is 0 Å². The smallest absolute Gasteiger partial charge is 0.143 e. The zero-order chi connectivity index (χ0) is 21.5. The van der Waals surface area contributed by atoms with Crippen molar-refractivity contribution in [3.63, 3.8) is 0 Å². The lowest BCUT2D eigenvalue weighted by molar-refractivity contribution is 0.634. The van der Waals surface area contributed by atoms with Crippen LogP contribution in [0.2, 0.25) is 0 Å². The average molecular weight is 467 g/mol. The second-order valence-electron chi connectivity index (χ2n) is 7.86. The molecule has 152 valence electrons. The molecule has 0 atom stereocenters. The van der Waals surface area contributed by atoms with Gasteiger partial charge in [0.05, 0.1) is 0 Å². The highest BCUT2D eigenvalue weighted by Crippen LogP contribution is 2.46. The zero-order valence-corrected chi connectivity index (χ0v) is 19.5. The summed E-state index contributed by atoms with van der Waals surface area (Å²) >= 11 is 3.67. The van der Waals surface area contributed by atoms with Crippen LogP contribution in [-0.4, -0.2) is 0 Å². The van der Waals surface area contributed by atoms with E-state index >= 15 is 0 Å². The van der Waals surface area contributed by atoms with Crippen molar-refractivity contribution < 1.29 is 4.42 Å². The second kappa shape index (κ2) is 7.86. The van der Waals surface area contributed by atoms with Gasteiger partial charge < -0.3 is 4.42 Å². The molecule has 0 N–H and O–H groups in total. The topological polar surface area (TPSA) is 13.1 Å². The number of halogens is 1. The van der Waals surface area contributed by atoms with Crippen molar-refractivity contribution in [1.29, 1.82) is 0 Å². The molecule has 0 radical (unpaired) electrons. The van der Waals surface area contributed by atoms with Crippen molar-refractivity contribution in [3.8, 4) is 11.3 Å². The van der Waals surface area contributed by atoms with Gasteiger partial charge in [-0.15, -0.1) is 0 Å². The lowest BCUT2D eigenvalue weighted by Crippen LogP contribution is -1.87. The Kier molecular flexibility index (Phi) is 5.03. The largest absolute Gasteiger partial charge is 0.455 e. The van der Waals surface area contributed by atoms with Crippen LogP contribution in [0.25, 0.3) is 49.4 Å². The van der Waals surface area contributed by atoms with Gasteiger partial charge in [-0.05, 0) is 54.6 Å². The molecule has 2 heteroatoms. The first kappa shape index (κ1) is 19.8. The van der Waals surface area contributed by atoms with Gasteiger partial charge in [0.25, 0.3) is 0 Å². The van der Waals surface area contributed by atoms with Crippen LogP contribution in [-0.2, 0) is 0 Å². The maximum Gasteiger partial charge on any atom is 0.143 e. The molecule has 31 heavy (non-hydrogen) atoms. The van der Waals surface area contributed by atoms with E-state index in [4.69, 9.17) is 4.42 Å². The second-order valence-corrected chi connectivity index (χ2v) is 8.77. The highest BCUT2D eigenvalue weighted by Gasteiger charge is 2.22. The molecule has 1 nitrogen and oxygen atoms in total. The Bertz CT molecular complexity index is 1500. The predicted molar refractivity (Wildman–Crippen MR) is 138 cm³/mol. The summed E-state index contributed by atoms with van der Waals surface area (Å²) in [4.78, 5) is 0. The lowest BCUT2D eigenvalue weighted by Gasteiger charge is -2.10. The van der Waals surface area contributed by atoms with E-state index in [0.29, 0.717) is 0 Å². The summed E-state index contributed by atoms with van der Waals surface area (Å²) in [6.45, 7) is 6.30. The lowest BCUT2D eigenvalue weighted by atomic mass is 9.91. The van der Waals surface area contributed by atoms with Crippen molar-refractivity contribution in [2.75, 3.05) is 0 Å². The van der Waals surface area contributed by atoms with E-state index in [1.54, 1.807) is 0 Å². The third-order valence-electron chi connectivity index (χ3n) is 5.85. The summed E-state index contributed by atoms with van der Waals surface area (Å²) in [6, 6.07) is 23.6. The minimum absolute atomic E-state index is 0.914. The van der Waals surface area contributed by atoms with Crippen LogP contribution in [0.15, 0.2) is 93.8 Å². The van der Waals surface area contributed by atoms with Crippen molar-refractivity contribution >= 4 is 54.0 Å². The van der Waals surface area contributed by atoms with E-state index in [0.717, 1.165) is 37.9 Å². The Morgan fingerprint density at radius 1 is 0.839 bits per heavy atom. The van der Waals surface area contributed by atoms with E-state index < -0.39 is 0 Å². The molecule has 0 aliphatic carbocycles. The van der Waals surface area contributed by atoms with Gasteiger partial charge >= 0.3 is 0 Å². The number of allylic oxidation sites excluding steroid dienone is 4. The summed E-state index contributed by atoms with van der Waals surface area (Å²) in [5, 5.41) is 5.99. The van der Waals surface area contributed by atoms with E-state index in [2.05, 4.69) is 116 Å². The molecule has 0 amide bonds. The predicted octanol–water partition coefficient (Wildman–Crippen LogP) is 9.46. The quantitative estimate of drug-likeness (QED) is 0.190. The fourth-order valence-electron chi connectivity index (χ4n) is 4.49. The van der Waals surface area contributed by atoms with E-state index in [-0.39, 0.29) is 0 Å². The number of rotatable bonds is 3. The molecular weight excluding hydrogens is 444 g/mol. The number of benzene rings is 4. The molecule has 5 rings (SSSR count). The number of aryl methyl sites for hydroxylation is 1. The summed E-state index contributed by atoms with van der Waals surface area (Å²) < 4.78 is 7.78. The third kappa shape index (κ3) is 3.23. The Morgan fingerprint density at radius 3 is 2.32 bits per heavy atom. The van der Waals surface area contributed by atoms with E-state index in [1.165, 1.54) is 27.1 Å². The maximum atomic E-state index is 6.74. The van der Waals surface area contributed by atoms with Crippen LogP contribution in [0.5, 0.6) is 0 Å². The number of hydrogen-bond acceptors (Lipinski definition) is 1. The van der Waals surface area contributed by atoms with Crippen LogP contribution in [0, 0.1) is 6.92 Å². The summed E-state index contributed by atoms with van der Waals surface area (Å²) in [5.41, 5.74) is 5.58. The molecule has 0 aliphatic heterocycles. The average Bonchev–Trinajstić information content (AvgIpc) is 3.19. The molecule has 0 saturated carbocycles. The monoisotopic (exact) mass is 466 g/mol. The Hall–Kier alpha value is -3.10. The van der Waals surface area contributed by atoms with Crippen molar-refractivity contribution in [1.82, 2.24) is 0 Å². The molecule has 0 fully saturated rings. The Balaban J connectivity index is 2.09. The van der Waals surface area contributed by atoms with Crippen LogP contribution < -0.4 is 0 Å². The highest BCUT2D eigenvalue weighted by atomic mass is 79.9. The molecule has 1 heterocycles. The van der Waals surface area contributed by atoms with Crippen LogP contribution in [0.3, 0.4) is 0 Å². The standard InChI is InChI=1S/C29H23BrO/c1-4-9-19(5-2)26-27-24-16-18(3)12-14-22(24)23-15-13-21(30)17-25(23)29(27)31-28(26)20-10-7-6-8-11-20/h4-17H,1-3H3. The first-order valence-corrected chi connectivity index (χ1v) is 11.3. The van der Waals surface area contributed by atoms with Crippen LogP contribution >= 0.6 is 15.9 Å². The van der Waals surface area contributed by atoms with Gasteiger partial charge in [-0.1, -0.05) is 94.3 Å². The fraction of sp³-hybridized carbons (Fsp3) is 0.103. The van der Waals surface area contributed by atoms with Crippen LogP contribution in [0.1, 0.15) is 25.0 Å². The minimum Gasteiger partial charge on any atom is -0.455 e. The maximum absolute atomic E-state index is 6.74. The molecule has 0 bridgehead atoms. The van der Waals surface area contributed by atoms with Crippen molar-refractivity contribution in [2.24, 2.45) is 0 Å². The first-order valence-electron chi connectivity index (χ1n) is 10.5. The van der Waals surface area contributed by atoms with Gasteiger partial charge in [-0.3, -0.25) is 0 Å². The Labute approximate surface area is 190 Å². The fourth-order valence-corrected chi connectivity index (χ4v) is 4.85. The number of hydrogen-bond donors (Lipinski definition) is 0. The van der Waals surface area contributed by atoms with E-state index in [9.17, 15) is 0 Å². The van der Waals surface area contributed by atoms with Gasteiger partial charge in [-0.25, -0.2) is 0 Å². The van der Waals surface area contributed by atoms with Crippen molar-refractivity contribution in [2.45, 2.75) is 20.8 Å². The van der Waals surface area contributed by atoms with Crippen molar-refractivity contribution in [3.05, 3.63) is 101 Å². The highest BCUT2D eigenvalue weighted by molar-refractivity contribution is 9.10. The molecule has 0 saturated heterocycles. The summed E-state index contributed by atoms with van der Waals surface area (Å²) in [5.74, 6) is 0.914. The van der Waals surface area contributed by atoms with Crippen LogP contribution in [0.4, 0.5) is 0 Å². The minimum atomic E-state index is 0.914. The van der Waals surface area contributed by atoms with Gasteiger partial charge in [0.2, 0.25) is 0 Å². The molecule has 4 aromatic carbocycles. The molecule has 5 aromatic rings. The third-order valence-corrected chi connectivity index (χ3v) is 6.34. The molecule has 1 aromatic heterocycles. The summed E-state index contributed by atoms with van der Waals surface area (Å²) in [6.07, 6.45) is 6.43. The number of furan rings is 1. The Morgan fingerprint density at radius 2 is 1.58 bits per heavy atom. The zero-order valence-electron chi connectivity index (χ0n) is 17.9. The SMILES string of the molecule is CC=CC(=CC)c1c(-c2ccccc2)oc2c3cc(Br)ccc3c3ccc(C)cc3c12. The summed E-state index contributed by atoms with van der Waals surface area (Å²) in [7, 11) is 0. The van der Waals surface area contributed by atoms with Gasteiger partial charge in [0.15, 0.2) is 0 Å².